The van der Waals surface area contributed by atoms with E-state index in [4.69, 9.17) is 17.4 Å². The topological polar surface area (TPSA) is 79.5 Å². The first-order chi connectivity index (χ1) is 7.67. The van der Waals surface area contributed by atoms with Crippen molar-refractivity contribution in [1.82, 2.24) is 10.9 Å². The number of nitrogens with zero attached hydrogens (tertiary/aromatic N) is 1. The van der Waals surface area contributed by atoms with Gasteiger partial charge in [-0.1, -0.05) is 39.7 Å². The number of amides is 2. The fourth-order valence-corrected chi connectivity index (χ4v) is 1.54. The number of carbonyl (C=O) groups is 1. The van der Waals surface area contributed by atoms with Crippen molar-refractivity contribution in [3.8, 4) is 0 Å². The highest BCUT2D eigenvalue weighted by atomic mass is 79.9. The van der Waals surface area contributed by atoms with Gasteiger partial charge in [-0.15, -0.1) is 0 Å². The molecule has 0 aliphatic heterocycles. The predicted octanol–water partition coefficient (Wildman–Crippen LogP) is 1.61. The lowest BCUT2D eigenvalue weighted by molar-refractivity contribution is 0.241. The summed E-state index contributed by atoms with van der Waals surface area (Å²) in [6.07, 6.45) is 0. The number of hydrazone groups is 1. The third kappa shape index (κ3) is 3.80. The number of nitrogens with one attached hydrogen (secondary N) is 2. The minimum Gasteiger partial charge on any atom is -0.274 e. The molecule has 5 nitrogen and oxygen atoms in total. The second-order valence-electron chi connectivity index (χ2n) is 2.78. The maximum Gasteiger partial charge on any atom is 0.349 e. The Hall–Kier alpha value is -1.11. The summed E-state index contributed by atoms with van der Waals surface area (Å²) in [5, 5.41) is 5.04. The summed E-state index contributed by atoms with van der Waals surface area (Å²) < 4.78 is 0. The smallest absolute Gasteiger partial charge is 0.274 e. The van der Waals surface area contributed by atoms with Gasteiger partial charge in [0.25, 0.3) is 0 Å². The minimum absolute atomic E-state index is 0.499. The number of halogens is 2. The van der Waals surface area contributed by atoms with Gasteiger partial charge in [0.05, 0.1) is 5.71 Å². The van der Waals surface area contributed by atoms with Crippen molar-refractivity contribution in [2.24, 2.45) is 10.9 Å². The zero-order valence-corrected chi connectivity index (χ0v) is 10.5. The molecule has 0 aliphatic carbocycles. The molecule has 0 bridgehead atoms. The number of alkyl halides is 1. The molecule has 0 heterocycles. The van der Waals surface area contributed by atoms with Gasteiger partial charge < -0.3 is 0 Å². The van der Waals surface area contributed by atoms with E-state index in [0.29, 0.717) is 16.1 Å². The van der Waals surface area contributed by atoms with Crippen molar-refractivity contribution < 1.29 is 4.79 Å². The van der Waals surface area contributed by atoms with Gasteiger partial charge in [0.2, 0.25) is 0 Å². The van der Waals surface area contributed by atoms with E-state index in [2.05, 4.69) is 26.5 Å². The van der Waals surface area contributed by atoms with E-state index in [9.17, 15) is 4.79 Å². The van der Waals surface area contributed by atoms with Crippen LogP contribution in [0.3, 0.4) is 0 Å². The Labute approximate surface area is 106 Å². The first-order valence-electron chi connectivity index (χ1n) is 4.32. The van der Waals surface area contributed by atoms with Crippen molar-refractivity contribution >= 4 is 39.3 Å². The number of benzene rings is 1. The zero-order valence-electron chi connectivity index (χ0n) is 8.21. The summed E-state index contributed by atoms with van der Waals surface area (Å²) in [6, 6.07) is 6.54. The number of nitrogens with two attached hydrogens (primary N) is 1. The molecule has 0 atom stereocenters. The summed E-state index contributed by atoms with van der Waals surface area (Å²) in [5.74, 6) is 4.90. The van der Waals surface area contributed by atoms with E-state index in [1.165, 1.54) is 0 Å². The largest absolute Gasteiger partial charge is 0.349 e. The standard InChI is InChI=1S/C9H10BrClN4O/c10-5-8(14-15-9(16)13-12)6-1-3-7(11)4-2-6/h1-4H,5,12H2,(H2,13,15,16)/b14-8+. The van der Waals surface area contributed by atoms with Crippen LogP contribution in [0.4, 0.5) is 4.79 Å². The van der Waals surface area contributed by atoms with Gasteiger partial charge in [-0.05, 0) is 17.7 Å². The average molecular weight is 306 g/mol. The molecule has 0 aromatic heterocycles. The summed E-state index contributed by atoms with van der Waals surface area (Å²) in [7, 11) is 0. The molecule has 0 radical (unpaired) electrons. The SMILES string of the molecule is NNC(=O)N/N=C(\CBr)c1ccc(Cl)cc1. The van der Waals surface area contributed by atoms with Gasteiger partial charge >= 0.3 is 6.03 Å². The van der Waals surface area contributed by atoms with Crippen LogP contribution in [0.15, 0.2) is 29.4 Å². The zero-order chi connectivity index (χ0) is 12.0. The predicted molar refractivity (Wildman–Crippen MR) is 67.6 cm³/mol. The highest BCUT2D eigenvalue weighted by Crippen LogP contribution is 2.11. The molecule has 86 valence electrons. The van der Waals surface area contributed by atoms with E-state index in [-0.39, 0.29) is 0 Å². The Balaban J connectivity index is 2.81. The molecule has 1 aromatic carbocycles. The van der Waals surface area contributed by atoms with E-state index >= 15 is 0 Å². The van der Waals surface area contributed by atoms with Crippen molar-refractivity contribution in [3.63, 3.8) is 0 Å². The molecular formula is C9H10BrClN4O. The molecule has 0 saturated heterocycles. The lowest BCUT2D eigenvalue weighted by atomic mass is 10.1. The number of urea groups is 1. The number of hydrogen-bond donors (Lipinski definition) is 3. The molecule has 1 aromatic rings. The Bertz CT molecular complexity index is 393. The minimum atomic E-state index is -0.576. The van der Waals surface area contributed by atoms with Gasteiger partial charge in [-0.2, -0.15) is 5.10 Å². The van der Waals surface area contributed by atoms with E-state index in [0.717, 1.165) is 5.56 Å². The molecule has 0 saturated carbocycles. The molecule has 2 amide bonds. The quantitative estimate of drug-likeness (QED) is 0.261. The highest BCUT2D eigenvalue weighted by molar-refractivity contribution is 9.09. The maximum absolute atomic E-state index is 10.8. The van der Waals surface area contributed by atoms with Crippen molar-refractivity contribution in [2.75, 3.05) is 5.33 Å². The Kier molecular flexibility index (Phi) is 5.24. The normalized spacial score (nSPS) is 11.1. The van der Waals surface area contributed by atoms with Gasteiger partial charge in [0.15, 0.2) is 0 Å². The molecule has 0 spiro atoms. The number of hydrogen-bond acceptors (Lipinski definition) is 3. The second kappa shape index (κ2) is 6.47. The molecule has 0 unspecified atom stereocenters. The van der Waals surface area contributed by atoms with Crippen LogP contribution in [0.25, 0.3) is 0 Å². The summed E-state index contributed by atoms with van der Waals surface area (Å²) in [5.41, 5.74) is 5.68. The first kappa shape index (κ1) is 13.0. The van der Waals surface area contributed by atoms with Crippen molar-refractivity contribution in [3.05, 3.63) is 34.9 Å². The fraction of sp³-hybridized carbons (Fsp3) is 0.111. The maximum atomic E-state index is 10.8. The van der Waals surface area contributed by atoms with Gasteiger partial charge in [0.1, 0.15) is 0 Å². The lowest BCUT2D eigenvalue weighted by Gasteiger charge is -2.04. The lowest BCUT2D eigenvalue weighted by Crippen LogP contribution is -2.37. The molecule has 16 heavy (non-hydrogen) atoms. The van der Waals surface area contributed by atoms with E-state index in [1.807, 2.05) is 17.6 Å². The van der Waals surface area contributed by atoms with Crippen LogP contribution in [0.5, 0.6) is 0 Å². The Morgan fingerprint density at radius 3 is 2.56 bits per heavy atom. The second-order valence-corrected chi connectivity index (χ2v) is 3.78. The average Bonchev–Trinajstić information content (AvgIpc) is 2.31. The fourth-order valence-electron chi connectivity index (χ4n) is 0.964. The summed E-state index contributed by atoms with van der Waals surface area (Å²) >= 11 is 9.04. The van der Waals surface area contributed by atoms with Crippen LogP contribution in [-0.4, -0.2) is 17.1 Å². The van der Waals surface area contributed by atoms with Crippen LogP contribution >= 0.6 is 27.5 Å². The van der Waals surface area contributed by atoms with Crippen LogP contribution in [0.2, 0.25) is 5.02 Å². The summed E-state index contributed by atoms with van der Waals surface area (Å²) in [6.45, 7) is 0. The van der Waals surface area contributed by atoms with Crippen LogP contribution in [-0.2, 0) is 0 Å². The van der Waals surface area contributed by atoms with Crippen LogP contribution < -0.4 is 16.7 Å². The van der Waals surface area contributed by atoms with E-state index in [1.54, 1.807) is 12.1 Å². The van der Waals surface area contributed by atoms with Crippen LogP contribution in [0.1, 0.15) is 5.56 Å². The van der Waals surface area contributed by atoms with Gasteiger partial charge in [0, 0.05) is 10.4 Å². The third-order valence-corrected chi connectivity index (χ3v) is 2.51. The number of rotatable bonds is 3. The number of carbonyl (C=O) groups excluding carboxylic acids is 1. The van der Waals surface area contributed by atoms with Gasteiger partial charge in [-0.25, -0.2) is 16.1 Å². The van der Waals surface area contributed by atoms with Gasteiger partial charge in [-0.3, -0.25) is 5.43 Å². The molecule has 0 aliphatic rings. The molecule has 7 heteroatoms. The van der Waals surface area contributed by atoms with Crippen LogP contribution in [0, 0.1) is 0 Å². The first-order valence-corrected chi connectivity index (χ1v) is 5.82. The molecular weight excluding hydrogens is 295 g/mol. The highest BCUT2D eigenvalue weighted by Gasteiger charge is 2.03. The molecule has 0 fully saturated rings. The molecule has 4 N–H and O–H groups in total. The van der Waals surface area contributed by atoms with Crippen molar-refractivity contribution in [1.29, 1.82) is 0 Å². The van der Waals surface area contributed by atoms with Crippen molar-refractivity contribution in [2.45, 2.75) is 0 Å². The van der Waals surface area contributed by atoms with E-state index < -0.39 is 6.03 Å². The monoisotopic (exact) mass is 304 g/mol. The Morgan fingerprint density at radius 2 is 2.06 bits per heavy atom. The third-order valence-electron chi connectivity index (χ3n) is 1.73. The Morgan fingerprint density at radius 1 is 1.44 bits per heavy atom. The summed E-state index contributed by atoms with van der Waals surface area (Å²) in [4.78, 5) is 10.8. The number of hydrazine groups is 1. The molecule has 1 rings (SSSR count).